The maximum Gasteiger partial charge on any atom is 0.248 e. The Balaban J connectivity index is 2.06. The van der Waals surface area contributed by atoms with E-state index in [1.54, 1.807) is 24.3 Å². The van der Waals surface area contributed by atoms with Crippen molar-refractivity contribution in [2.24, 2.45) is 5.73 Å². The summed E-state index contributed by atoms with van der Waals surface area (Å²) in [6.45, 7) is 0.357. The van der Waals surface area contributed by atoms with Crippen molar-refractivity contribution in [1.82, 2.24) is 0 Å². The third-order valence-corrected chi connectivity index (χ3v) is 2.72. The van der Waals surface area contributed by atoms with Gasteiger partial charge in [-0.1, -0.05) is 0 Å². The Bertz CT molecular complexity index is 594. The summed E-state index contributed by atoms with van der Waals surface area (Å²) in [4.78, 5) is 10.9. The lowest BCUT2D eigenvalue weighted by Crippen LogP contribution is -2.10. The fraction of sp³-hybridized carbons (Fsp3) is 0.0714. The predicted molar refractivity (Wildman–Crippen MR) is 72.1 cm³/mol. The van der Waals surface area contributed by atoms with Crippen molar-refractivity contribution >= 4 is 11.6 Å². The summed E-state index contributed by atoms with van der Waals surface area (Å²) in [5.41, 5.74) is 6.95. The molecule has 1 amide bonds. The minimum Gasteiger partial charge on any atom is -0.508 e. The lowest BCUT2D eigenvalue weighted by Gasteiger charge is -2.09. The van der Waals surface area contributed by atoms with E-state index in [2.05, 4.69) is 5.32 Å². The molecular formula is C14H14N2O3. The van der Waals surface area contributed by atoms with Gasteiger partial charge in [0.1, 0.15) is 11.5 Å². The first-order valence-electron chi connectivity index (χ1n) is 5.71. The second-order valence-corrected chi connectivity index (χ2v) is 4.11. The van der Waals surface area contributed by atoms with Gasteiger partial charge >= 0.3 is 0 Å². The van der Waals surface area contributed by atoms with Gasteiger partial charge in [-0.3, -0.25) is 4.79 Å². The second-order valence-electron chi connectivity index (χ2n) is 4.11. The summed E-state index contributed by atoms with van der Waals surface area (Å²) in [6, 6.07) is 11.0. The first kappa shape index (κ1) is 12.8. The van der Waals surface area contributed by atoms with E-state index in [9.17, 15) is 15.0 Å². The van der Waals surface area contributed by atoms with E-state index >= 15 is 0 Å². The van der Waals surface area contributed by atoms with E-state index in [1.165, 1.54) is 18.2 Å². The lowest BCUT2D eigenvalue weighted by molar-refractivity contribution is 0.100. The Morgan fingerprint density at radius 2 is 1.79 bits per heavy atom. The Kier molecular flexibility index (Phi) is 3.56. The molecular weight excluding hydrogens is 244 g/mol. The molecule has 0 fully saturated rings. The maximum atomic E-state index is 10.9. The number of rotatable bonds is 4. The van der Waals surface area contributed by atoms with Crippen LogP contribution in [0, 0.1) is 0 Å². The van der Waals surface area contributed by atoms with Gasteiger partial charge in [0.05, 0.1) is 0 Å². The molecule has 0 aromatic heterocycles. The quantitative estimate of drug-likeness (QED) is 0.629. The van der Waals surface area contributed by atoms with Gasteiger partial charge in [-0.15, -0.1) is 0 Å². The van der Waals surface area contributed by atoms with Crippen LogP contribution in [0.2, 0.25) is 0 Å². The molecule has 0 aliphatic carbocycles. The second kappa shape index (κ2) is 5.30. The van der Waals surface area contributed by atoms with Gasteiger partial charge in [0, 0.05) is 23.4 Å². The molecule has 0 saturated carbocycles. The van der Waals surface area contributed by atoms with E-state index in [1.807, 2.05) is 0 Å². The van der Waals surface area contributed by atoms with Crippen molar-refractivity contribution < 1.29 is 15.0 Å². The Labute approximate surface area is 110 Å². The third kappa shape index (κ3) is 3.16. The van der Waals surface area contributed by atoms with Crippen LogP contribution in [-0.4, -0.2) is 16.1 Å². The maximum absolute atomic E-state index is 10.9. The molecule has 0 atom stereocenters. The van der Waals surface area contributed by atoms with E-state index in [0.717, 1.165) is 5.69 Å². The van der Waals surface area contributed by atoms with Crippen molar-refractivity contribution in [3.05, 3.63) is 53.6 Å². The van der Waals surface area contributed by atoms with Gasteiger partial charge in [0.25, 0.3) is 0 Å². The Morgan fingerprint density at radius 1 is 1.11 bits per heavy atom. The number of phenols is 2. The molecule has 0 aliphatic rings. The van der Waals surface area contributed by atoms with Crippen molar-refractivity contribution in [1.29, 1.82) is 0 Å². The number of hydrogen-bond donors (Lipinski definition) is 4. The fourth-order valence-electron chi connectivity index (χ4n) is 1.66. The molecule has 0 saturated heterocycles. The average molecular weight is 258 g/mol. The van der Waals surface area contributed by atoms with Crippen LogP contribution in [0.3, 0.4) is 0 Å². The molecule has 0 unspecified atom stereocenters. The summed E-state index contributed by atoms with van der Waals surface area (Å²) >= 11 is 0. The molecule has 2 aromatic rings. The van der Waals surface area contributed by atoms with E-state index in [4.69, 9.17) is 5.73 Å². The highest BCUT2D eigenvalue weighted by molar-refractivity contribution is 5.93. The molecule has 98 valence electrons. The SMILES string of the molecule is NC(=O)c1ccc(NCc2cc(O)ccc2O)cc1. The zero-order chi connectivity index (χ0) is 13.8. The number of phenolic OH excluding ortho intramolecular Hbond substituents is 2. The number of primary amides is 1. The summed E-state index contributed by atoms with van der Waals surface area (Å²) in [7, 11) is 0. The number of hydrogen-bond acceptors (Lipinski definition) is 4. The number of amides is 1. The Morgan fingerprint density at radius 3 is 2.42 bits per heavy atom. The van der Waals surface area contributed by atoms with Gasteiger partial charge in [-0.05, 0) is 42.5 Å². The number of nitrogens with one attached hydrogen (secondary N) is 1. The van der Waals surface area contributed by atoms with Gasteiger partial charge in [-0.25, -0.2) is 0 Å². The van der Waals surface area contributed by atoms with Crippen LogP contribution in [0.4, 0.5) is 5.69 Å². The first-order chi connectivity index (χ1) is 9.06. The van der Waals surface area contributed by atoms with Gasteiger partial charge in [0.2, 0.25) is 5.91 Å². The minimum absolute atomic E-state index is 0.0960. The predicted octanol–water partition coefficient (Wildman–Crippen LogP) is 1.81. The molecule has 0 heterocycles. The highest BCUT2D eigenvalue weighted by Gasteiger charge is 2.03. The molecule has 0 aliphatic heterocycles. The molecule has 0 bridgehead atoms. The topological polar surface area (TPSA) is 95.6 Å². The van der Waals surface area contributed by atoms with Crippen LogP contribution < -0.4 is 11.1 Å². The summed E-state index contributed by atoms with van der Waals surface area (Å²) in [5.74, 6) is -0.269. The summed E-state index contributed by atoms with van der Waals surface area (Å²) in [6.07, 6.45) is 0. The summed E-state index contributed by atoms with van der Waals surface area (Å²) in [5, 5.41) is 22.0. The number of carbonyl (C=O) groups excluding carboxylic acids is 1. The number of benzene rings is 2. The van der Waals surface area contributed by atoms with Crippen LogP contribution >= 0.6 is 0 Å². The standard InChI is InChI=1S/C14H14N2O3/c15-14(19)9-1-3-11(4-2-9)16-8-10-7-12(17)5-6-13(10)18/h1-7,16-18H,8H2,(H2,15,19). The van der Waals surface area contributed by atoms with Crippen LogP contribution in [-0.2, 0) is 6.54 Å². The van der Waals surface area contributed by atoms with Gasteiger partial charge < -0.3 is 21.3 Å². The van der Waals surface area contributed by atoms with Crippen molar-refractivity contribution in [2.75, 3.05) is 5.32 Å². The smallest absolute Gasteiger partial charge is 0.248 e. The van der Waals surface area contributed by atoms with Crippen LogP contribution in [0.5, 0.6) is 11.5 Å². The highest BCUT2D eigenvalue weighted by atomic mass is 16.3. The first-order valence-corrected chi connectivity index (χ1v) is 5.71. The normalized spacial score (nSPS) is 10.1. The fourth-order valence-corrected chi connectivity index (χ4v) is 1.66. The van der Waals surface area contributed by atoms with E-state index in [-0.39, 0.29) is 11.5 Å². The zero-order valence-corrected chi connectivity index (χ0v) is 10.1. The largest absolute Gasteiger partial charge is 0.508 e. The number of nitrogens with two attached hydrogens (primary N) is 1. The minimum atomic E-state index is -0.475. The lowest BCUT2D eigenvalue weighted by atomic mass is 10.1. The zero-order valence-electron chi connectivity index (χ0n) is 10.1. The van der Waals surface area contributed by atoms with Crippen LogP contribution in [0.25, 0.3) is 0 Å². The van der Waals surface area contributed by atoms with Crippen LogP contribution in [0.1, 0.15) is 15.9 Å². The third-order valence-electron chi connectivity index (χ3n) is 2.72. The van der Waals surface area contributed by atoms with Crippen LogP contribution in [0.15, 0.2) is 42.5 Å². The monoisotopic (exact) mass is 258 g/mol. The number of anilines is 1. The van der Waals surface area contributed by atoms with Crippen molar-refractivity contribution in [3.8, 4) is 11.5 Å². The molecule has 0 radical (unpaired) electrons. The number of aromatic hydroxyl groups is 2. The molecule has 5 N–H and O–H groups in total. The average Bonchev–Trinajstić information content (AvgIpc) is 2.40. The molecule has 0 spiro atoms. The number of carbonyl (C=O) groups is 1. The molecule has 2 aromatic carbocycles. The molecule has 5 heteroatoms. The highest BCUT2D eigenvalue weighted by Crippen LogP contribution is 2.23. The van der Waals surface area contributed by atoms with Crippen molar-refractivity contribution in [2.45, 2.75) is 6.54 Å². The van der Waals surface area contributed by atoms with Gasteiger partial charge in [0.15, 0.2) is 0 Å². The van der Waals surface area contributed by atoms with Gasteiger partial charge in [-0.2, -0.15) is 0 Å². The Hall–Kier alpha value is -2.69. The molecule has 19 heavy (non-hydrogen) atoms. The van der Waals surface area contributed by atoms with E-state index in [0.29, 0.717) is 17.7 Å². The molecule has 2 rings (SSSR count). The van der Waals surface area contributed by atoms with Crippen molar-refractivity contribution in [3.63, 3.8) is 0 Å². The van der Waals surface area contributed by atoms with E-state index < -0.39 is 5.91 Å². The summed E-state index contributed by atoms with van der Waals surface area (Å²) < 4.78 is 0. The molecule has 5 nitrogen and oxygen atoms in total.